The molecule has 0 aliphatic carbocycles. The summed E-state index contributed by atoms with van der Waals surface area (Å²) >= 11 is 0. The molecule has 0 fully saturated rings. The molecule has 0 aromatic carbocycles. The molecule has 0 N–H and O–H groups in total. The van der Waals surface area contributed by atoms with Crippen molar-refractivity contribution in [2.45, 2.75) is 322 Å². The highest BCUT2D eigenvalue weighted by molar-refractivity contribution is 5.71. The van der Waals surface area contributed by atoms with Crippen LogP contribution in [0.5, 0.6) is 0 Å². The summed E-state index contributed by atoms with van der Waals surface area (Å²) in [5.41, 5.74) is 0. The highest BCUT2D eigenvalue weighted by Gasteiger charge is 2.19. The molecule has 0 heterocycles. The molecular formula is C75H126O6. The predicted octanol–water partition coefficient (Wildman–Crippen LogP) is 23.6. The molecule has 1 atom stereocenters. The predicted molar refractivity (Wildman–Crippen MR) is 353 cm³/mol. The monoisotopic (exact) mass is 1120 g/mol. The lowest BCUT2D eigenvalue weighted by Gasteiger charge is -2.18. The summed E-state index contributed by atoms with van der Waals surface area (Å²) in [6, 6.07) is 0. The first-order valence-corrected chi connectivity index (χ1v) is 34.0. The van der Waals surface area contributed by atoms with Gasteiger partial charge < -0.3 is 14.2 Å². The fourth-order valence-corrected chi connectivity index (χ4v) is 9.37. The van der Waals surface area contributed by atoms with Crippen molar-refractivity contribution < 1.29 is 28.6 Å². The van der Waals surface area contributed by atoms with Crippen LogP contribution in [0.3, 0.4) is 0 Å². The normalized spacial score (nSPS) is 12.9. The third-order valence-electron chi connectivity index (χ3n) is 14.5. The topological polar surface area (TPSA) is 78.9 Å². The van der Waals surface area contributed by atoms with Gasteiger partial charge in [0, 0.05) is 19.3 Å². The number of esters is 3. The largest absolute Gasteiger partial charge is 0.462 e. The molecule has 0 aromatic heterocycles. The highest BCUT2D eigenvalue weighted by atomic mass is 16.6. The SMILES string of the molecule is CC/C=C\C/C=C\C/C=C\C/C=C\C/C=C\C/C=C\C/C=C\C/C=C\CCCCCCCCC(=O)OCC(COC(=O)CCCCCCCCCCCCCCC)OC(=O)CCCCCCCCCCC/C=C\C/C=C\CCCCC. The van der Waals surface area contributed by atoms with E-state index in [1.54, 1.807) is 0 Å². The van der Waals surface area contributed by atoms with Crippen molar-refractivity contribution in [2.24, 2.45) is 0 Å². The minimum absolute atomic E-state index is 0.0833. The number of ether oxygens (including phenoxy) is 3. The van der Waals surface area contributed by atoms with Crippen LogP contribution in [0.15, 0.2) is 122 Å². The molecule has 81 heavy (non-hydrogen) atoms. The molecule has 0 spiro atoms. The molecule has 0 saturated carbocycles. The van der Waals surface area contributed by atoms with Crippen LogP contribution >= 0.6 is 0 Å². The van der Waals surface area contributed by atoms with E-state index < -0.39 is 6.10 Å². The van der Waals surface area contributed by atoms with E-state index in [1.807, 2.05) is 0 Å². The maximum Gasteiger partial charge on any atom is 0.306 e. The van der Waals surface area contributed by atoms with Gasteiger partial charge in [-0.15, -0.1) is 0 Å². The van der Waals surface area contributed by atoms with E-state index in [-0.39, 0.29) is 31.1 Å². The van der Waals surface area contributed by atoms with E-state index in [4.69, 9.17) is 14.2 Å². The zero-order chi connectivity index (χ0) is 58.5. The van der Waals surface area contributed by atoms with E-state index in [9.17, 15) is 14.4 Å². The number of hydrogen-bond acceptors (Lipinski definition) is 6. The van der Waals surface area contributed by atoms with Gasteiger partial charge in [-0.3, -0.25) is 14.4 Å². The van der Waals surface area contributed by atoms with E-state index in [0.717, 1.165) is 128 Å². The standard InChI is InChI=1S/C75H126O6/c1-4-7-10-13-16-19-22-25-27-29-31-32-33-34-35-36-37-38-39-40-41-42-44-45-47-50-53-56-59-62-65-68-74(77)80-71-72(70-79-73(76)67-64-61-58-55-52-49-24-21-18-15-12-9-6-3)81-75(78)69-66-63-60-57-54-51-48-46-43-30-28-26-23-20-17-14-11-8-5-2/h7,10,16-17,19-20,25-28,31-32,34-35,37-38,40-41,44-45,72H,4-6,8-9,11-15,18,21-24,29-30,33,36,39,42-43,46-71H2,1-3H3/b10-7-,19-16-,20-17-,27-25-,28-26-,32-31-,35-34-,38-37-,41-40-,45-44-. The van der Waals surface area contributed by atoms with Crippen molar-refractivity contribution in [3.63, 3.8) is 0 Å². The Labute approximate surface area is 501 Å². The summed E-state index contributed by atoms with van der Waals surface area (Å²) in [6.07, 6.45) is 94.9. The third kappa shape index (κ3) is 66.5. The minimum atomic E-state index is -0.789. The fraction of sp³-hybridized carbons (Fsp3) is 0.693. The Morgan fingerprint density at radius 2 is 0.481 bits per heavy atom. The molecule has 6 nitrogen and oxygen atoms in total. The lowest BCUT2D eigenvalue weighted by Crippen LogP contribution is -2.30. The quantitative estimate of drug-likeness (QED) is 0.0261. The van der Waals surface area contributed by atoms with Crippen LogP contribution in [-0.4, -0.2) is 37.2 Å². The van der Waals surface area contributed by atoms with Gasteiger partial charge in [0.2, 0.25) is 0 Å². The van der Waals surface area contributed by atoms with E-state index >= 15 is 0 Å². The Balaban J connectivity index is 4.34. The average molecular weight is 1120 g/mol. The molecule has 0 rings (SSSR count). The molecule has 462 valence electrons. The van der Waals surface area contributed by atoms with Crippen molar-refractivity contribution in [3.8, 4) is 0 Å². The first-order valence-electron chi connectivity index (χ1n) is 34.0. The first-order chi connectivity index (χ1) is 40.0. The Morgan fingerprint density at radius 3 is 0.778 bits per heavy atom. The molecule has 0 radical (unpaired) electrons. The summed E-state index contributed by atoms with van der Waals surface area (Å²) < 4.78 is 16.9. The van der Waals surface area contributed by atoms with Gasteiger partial charge in [-0.1, -0.05) is 303 Å². The van der Waals surface area contributed by atoms with Gasteiger partial charge in [0.15, 0.2) is 6.10 Å². The van der Waals surface area contributed by atoms with E-state index in [2.05, 4.69) is 142 Å². The zero-order valence-corrected chi connectivity index (χ0v) is 53.0. The second-order valence-corrected chi connectivity index (χ2v) is 22.4. The van der Waals surface area contributed by atoms with Crippen LogP contribution < -0.4 is 0 Å². The van der Waals surface area contributed by atoms with Crippen molar-refractivity contribution in [1.82, 2.24) is 0 Å². The van der Waals surface area contributed by atoms with Crippen LogP contribution in [0, 0.1) is 0 Å². The van der Waals surface area contributed by atoms with Crippen LogP contribution in [0.1, 0.15) is 316 Å². The summed E-state index contributed by atoms with van der Waals surface area (Å²) in [5.74, 6) is -0.893. The lowest BCUT2D eigenvalue weighted by molar-refractivity contribution is -0.167. The molecule has 0 bridgehead atoms. The first kappa shape index (κ1) is 76.8. The van der Waals surface area contributed by atoms with E-state index in [1.165, 1.54) is 148 Å². The van der Waals surface area contributed by atoms with Crippen molar-refractivity contribution >= 4 is 17.9 Å². The van der Waals surface area contributed by atoms with Gasteiger partial charge in [-0.2, -0.15) is 0 Å². The second kappa shape index (κ2) is 68.3. The molecule has 6 heteroatoms. The van der Waals surface area contributed by atoms with Gasteiger partial charge in [-0.05, 0) is 116 Å². The molecule has 0 aliphatic rings. The van der Waals surface area contributed by atoms with Gasteiger partial charge in [0.25, 0.3) is 0 Å². The number of carbonyl (C=O) groups is 3. The summed E-state index contributed by atoms with van der Waals surface area (Å²) in [5, 5.41) is 0. The summed E-state index contributed by atoms with van der Waals surface area (Å²) in [7, 11) is 0. The highest BCUT2D eigenvalue weighted by Crippen LogP contribution is 2.16. The Hall–Kier alpha value is -4.19. The maximum absolute atomic E-state index is 12.9. The second-order valence-electron chi connectivity index (χ2n) is 22.4. The summed E-state index contributed by atoms with van der Waals surface area (Å²) in [4.78, 5) is 38.4. The van der Waals surface area contributed by atoms with E-state index in [0.29, 0.717) is 19.3 Å². The fourth-order valence-electron chi connectivity index (χ4n) is 9.37. The summed E-state index contributed by atoms with van der Waals surface area (Å²) in [6.45, 7) is 6.51. The molecule has 0 aromatic rings. The number of rotatable bonds is 61. The third-order valence-corrected chi connectivity index (χ3v) is 14.5. The van der Waals surface area contributed by atoms with Crippen molar-refractivity contribution in [1.29, 1.82) is 0 Å². The average Bonchev–Trinajstić information content (AvgIpc) is 3.46. The molecule has 1 unspecified atom stereocenters. The Morgan fingerprint density at radius 1 is 0.259 bits per heavy atom. The van der Waals surface area contributed by atoms with Gasteiger partial charge in [0.05, 0.1) is 0 Å². The Kier molecular flexibility index (Phi) is 64.8. The van der Waals surface area contributed by atoms with Crippen LogP contribution in [-0.2, 0) is 28.6 Å². The van der Waals surface area contributed by atoms with Crippen molar-refractivity contribution in [2.75, 3.05) is 13.2 Å². The van der Waals surface area contributed by atoms with Gasteiger partial charge >= 0.3 is 17.9 Å². The lowest BCUT2D eigenvalue weighted by atomic mass is 10.0. The number of unbranched alkanes of at least 4 members (excludes halogenated alkanes) is 30. The van der Waals surface area contributed by atoms with Gasteiger partial charge in [0.1, 0.15) is 13.2 Å². The zero-order valence-electron chi connectivity index (χ0n) is 53.0. The smallest absolute Gasteiger partial charge is 0.306 e. The maximum atomic E-state index is 12.9. The number of allylic oxidation sites excluding steroid dienone is 20. The molecule has 0 saturated heterocycles. The van der Waals surface area contributed by atoms with Crippen molar-refractivity contribution in [3.05, 3.63) is 122 Å². The van der Waals surface area contributed by atoms with Gasteiger partial charge in [-0.25, -0.2) is 0 Å². The minimum Gasteiger partial charge on any atom is -0.462 e. The molecule has 0 amide bonds. The van der Waals surface area contributed by atoms with Crippen LogP contribution in [0.2, 0.25) is 0 Å². The van der Waals surface area contributed by atoms with Crippen LogP contribution in [0.25, 0.3) is 0 Å². The molecular weight excluding hydrogens is 997 g/mol. The molecule has 0 aliphatic heterocycles. The number of hydrogen-bond donors (Lipinski definition) is 0. The Bertz CT molecular complexity index is 1670. The van der Waals surface area contributed by atoms with Crippen LogP contribution in [0.4, 0.5) is 0 Å². The number of carbonyl (C=O) groups excluding carboxylic acids is 3.